The molecule has 2 rings (SSSR count). The van der Waals surface area contributed by atoms with Crippen molar-refractivity contribution in [2.45, 2.75) is 18.7 Å². The highest BCUT2D eigenvalue weighted by Gasteiger charge is 2.16. The summed E-state index contributed by atoms with van der Waals surface area (Å²) in [7, 11) is -3.67. The third-order valence-electron chi connectivity index (χ3n) is 2.30. The van der Waals surface area contributed by atoms with Crippen LogP contribution >= 0.6 is 0 Å². The predicted molar refractivity (Wildman–Crippen MR) is 69.5 cm³/mol. The van der Waals surface area contributed by atoms with Crippen molar-refractivity contribution < 1.29 is 13.2 Å². The number of hydrogen-bond acceptors (Lipinski definition) is 5. The zero-order chi connectivity index (χ0) is 13.9. The van der Waals surface area contributed by atoms with Gasteiger partial charge in [-0.1, -0.05) is 17.7 Å². The van der Waals surface area contributed by atoms with Crippen LogP contribution in [0.3, 0.4) is 0 Å². The van der Waals surface area contributed by atoms with E-state index in [0.29, 0.717) is 6.61 Å². The van der Waals surface area contributed by atoms with E-state index in [4.69, 9.17) is 4.74 Å². The molecule has 8 heteroatoms. The van der Waals surface area contributed by atoms with Crippen LogP contribution in [0.15, 0.2) is 29.2 Å². The van der Waals surface area contributed by atoms with Crippen molar-refractivity contribution in [1.82, 2.24) is 15.2 Å². The second-order valence-corrected chi connectivity index (χ2v) is 5.50. The molecule has 0 fully saturated rings. The Labute approximate surface area is 111 Å². The maximum absolute atomic E-state index is 12.0. The molecule has 0 spiro atoms. The van der Waals surface area contributed by atoms with Crippen molar-refractivity contribution in [3.8, 4) is 6.01 Å². The van der Waals surface area contributed by atoms with Crippen LogP contribution < -0.4 is 9.46 Å². The number of benzene rings is 1. The Balaban J connectivity index is 2.18. The van der Waals surface area contributed by atoms with Gasteiger partial charge >= 0.3 is 6.01 Å². The lowest BCUT2D eigenvalue weighted by Crippen LogP contribution is -2.13. The highest BCUT2D eigenvalue weighted by molar-refractivity contribution is 7.92. The van der Waals surface area contributed by atoms with E-state index in [1.54, 1.807) is 19.1 Å². The second kappa shape index (κ2) is 5.27. The molecule has 0 atom stereocenters. The molecule has 1 aromatic heterocycles. The lowest BCUT2D eigenvalue weighted by atomic mass is 10.2. The van der Waals surface area contributed by atoms with Gasteiger partial charge in [-0.3, -0.25) is 0 Å². The van der Waals surface area contributed by atoms with Crippen LogP contribution in [0, 0.1) is 6.92 Å². The number of sulfonamides is 1. The van der Waals surface area contributed by atoms with E-state index in [2.05, 4.69) is 19.9 Å². The van der Waals surface area contributed by atoms with E-state index in [1.165, 1.54) is 12.1 Å². The molecular weight excluding hydrogens is 268 g/mol. The number of H-pyrrole nitrogens is 1. The molecule has 2 aromatic rings. The van der Waals surface area contributed by atoms with Gasteiger partial charge in [0.2, 0.25) is 5.95 Å². The monoisotopic (exact) mass is 282 g/mol. The molecule has 0 unspecified atom stereocenters. The van der Waals surface area contributed by atoms with Gasteiger partial charge in [0.05, 0.1) is 11.5 Å². The fourth-order valence-corrected chi connectivity index (χ4v) is 2.35. The van der Waals surface area contributed by atoms with Crippen LogP contribution in [0.1, 0.15) is 12.5 Å². The average molecular weight is 282 g/mol. The van der Waals surface area contributed by atoms with Crippen molar-refractivity contribution in [2.24, 2.45) is 0 Å². The first kappa shape index (κ1) is 13.3. The number of aryl methyl sites for hydroxylation is 1. The molecular formula is C11H14N4O3S. The average Bonchev–Trinajstić information content (AvgIpc) is 2.77. The number of aromatic nitrogens is 3. The molecule has 1 aromatic carbocycles. The molecule has 0 saturated carbocycles. The summed E-state index contributed by atoms with van der Waals surface area (Å²) < 4.78 is 31.4. The topological polar surface area (TPSA) is 97.0 Å². The number of nitrogens with zero attached hydrogens (tertiary/aromatic N) is 2. The smallest absolute Gasteiger partial charge is 0.337 e. The van der Waals surface area contributed by atoms with Crippen LogP contribution in [-0.2, 0) is 10.0 Å². The third-order valence-corrected chi connectivity index (χ3v) is 3.66. The first-order valence-electron chi connectivity index (χ1n) is 5.66. The molecule has 0 aliphatic heterocycles. The number of ether oxygens (including phenoxy) is 1. The Morgan fingerprint density at radius 3 is 2.63 bits per heavy atom. The minimum atomic E-state index is -3.67. The molecule has 19 heavy (non-hydrogen) atoms. The van der Waals surface area contributed by atoms with Crippen LogP contribution in [0.4, 0.5) is 5.95 Å². The molecule has 0 amide bonds. The molecule has 0 bridgehead atoms. The van der Waals surface area contributed by atoms with Crippen molar-refractivity contribution >= 4 is 16.0 Å². The summed E-state index contributed by atoms with van der Waals surface area (Å²) in [6, 6.07) is 6.60. The van der Waals surface area contributed by atoms with Gasteiger partial charge in [-0.05, 0) is 26.0 Å². The van der Waals surface area contributed by atoms with E-state index < -0.39 is 10.0 Å². The van der Waals surface area contributed by atoms with Gasteiger partial charge in [-0.2, -0.15) is 4.98 Å². The summed E-state index contributed by atoms with van der Waals surface area (Å²) in [4.78, 5) is 4.01. The Morgan fingerprint density at radius 2 is 2.00 bits per heavy atom. The number of anilines is 1. The number of aromatic amines is 1. The van der Waals surface area contributed by atoms with Crippen molar-refractivity contribution in [2.75, 3.05) is 11.3 Å². The molecule has 7 nitrogen and oxygen atoms in total. The van der Waals surface area contributed by atoms with Gasteiger partial charge in [0.15, 0.2) is 0 Å². The lowest BCUT2D eigenvalue weighted by Gasteiger charge is -2.04. The molecule has 1 heterocycles. The van der Waals surface area contributed by atoms with Crippen LogP contribution in [0.5, 0.6) is 6.01 Å². The van der Waals surface area contributed by atoms with Gasteiger partial charge in [0.25, 0.3) is 10.0 Å². The fraction of sp³-hybridized carbons (Fsp3) is 0.273. The Bertz CT molecular complexity index is 649. The molecule has 0 aliphatic carbocycles. The quantitative estimate of drug-likeness (QED) is 0.861. The lowest BCUT2D eigenvalue weighted by molar-refractivity contribution is 0.314. The fourth-order valence-electron chi connectivity index (χ4n) is 1.39. The maximum Gasteiger partial charge on any atom is 0.337 e. The van der Waals surface area contributed by atoms with Gasteiger partial charge in [0, 0.05) is 0 Å². The normalized spacial score (nSPS) is 11.3. The van der Waals surface area contributed by atoms with E-state index in [9.17, 15) is 8.42 Å². The van der Waals surface area contributed by atoms with E-state index in [1.807, 2.05) is 6.92 Å². The van der Waals surface area contributed by atoms with Crippen molar-refractivity contribution in [3.63, 3.8) is 0 Å². The van der Waals surface area contributed by atoms with Crippen molar-refractivity contribution in [3.05, 3.63) is 29.8 Å². The molecule has 2 N–H and O–H groups in total. The van der Waals surface area contributed by atoms with E-state index in [-0.39, 0.29) is 16.9 Å². The van der Waals surface area contributed by atoms with E-state index >= 15 is 0 Å². The molecule has 102 valence electrons. The Hall–Kier alpha value is -2.09. The Morgan fingerprint density at radius 1 is 1.32 bits per heavy atom. The van der Waals surface area contributed by atoms with Gasteiger partial charge in [-0.15, -0.1) is 5.10 Å². The van der Waals surface area contributed by atoms with Crippen LogP contribution in [0.2, 0.25) is 0 Å². The number of nitrogens with one attached hydrogen (secondary N) is 2. The van der Waals surface area contributed by atoms with Gasteiger partial charge in [-0.25, -0.2) is 18.2 Å². The summed E-state index contributed by atoms with van der Waals surface area (Å²) in [5.74, 6) is 0.0176. The minimum absolute atomic E-state index is 0.0176. The third kappa shape index (κ3) is 3.22. The first-order chi connectivity index (χ1) is 9.01. The molecule has 0 radical (unpaired) electrons. The summed E-state index contributed by atoms with van der Waals surface area (Å²) in [5, 5.41) is 6.16. The predicted octanol–water partition coefficient (Wildman–Crippen LogP) is 1.31. The van der Waals surface area contributed by atoms with E-state index in [0.717, 1.165) is 5.56 Å². The van der Waals surface area contributed by atoms with Gasteiger partial charge in [0.1, 0.15) is 0 Å². The number of rotatable bonds is 5. The summed E-state index contributed by atoms with van der Waals surface area (Å²) >= 11 is 0. The molecule has 0 saturated heterocycles. The Kier molecular flexibility index (Phi) is 3.70. The zero-order valence-corrected chi connectivity index (χ0v) is 11.4. The largest absolute Gasteiger partial charge is 0.463 e. The maximum atomic E-state index is 12.0. The standard InChI is InChI=1S/C11H14N4O3S/c1-3-18-11-12-10(13-14-11)15-19(16,17)9-6-4-8(2)5-7-9/h4-7H,3H2,1-2H3,(H2,12,13,14,15). The highest BCUT2D eigenvalue weighted by Crippen LogP contribution is 2.14. The SMILES string of the molecule is CCOc1n[nH]c(NS(=O)(=O)c2ccc(C)cc2)n1. The minimum Gasteiger partial charge on any atom is -0.463 e. The summed E-state index contributed by atoms with van der Waals surface area (Å²) in [5.41, 5.74) is 0.984. The van der Waals surface area contributed by atoms with Crippen LogP contribution in [-0.4, -0.2) is 30.2 Å². The summed E-state index contributed by atoms with van der Waals surface area (Å²) in [6.45, 7) is 4.07. The van der Waals surface area contributed by atoms with Crippen molar-refractivity contribution in [1.29, 1.82) is 0 Å². The first-order valence-corrected chi connectivity index (χ1v) is 7.14. The number of hydrogen-bond donors (Lipinski definition) is 2. The zero-order valence-electron chi connectivity index (χ0n) is 10.5. The highest BCUT2D eigenvalue weighted by atomic mass is 32.2. The van der Waals surface area contributed by atoms with Gasteiger partial charge < -0.3 is 4.74 Å². The second-order valence-electron chi connectivity index (χ2n) is 3.82. The molecule has 0 aliphatic rings. The summed E-state index contributed by atoms with van der Waals surface area (Å²) in [6.07, 6.45) is 0. The van der Waals surface area contributed by atoms with Crippen LogP contribution in [0.25, 0.3) is 0 Å².